The molecule has 1 aromatic heterocycles. The molecule has 1 aliphatic rings. The summed E-state index contributed by atoms with van der Waals surface area (Å²) in [5, 5.41) is -0.134. The van der Waals surface area contributed by atoms with Crippen molar-refractivity contribution in [3.05, 3.63) is 63.6 Å². The van der Waals surface area contributed by atoms with Gasteiger partial charge in [0.25, 0.3) is 5.56 Å². The van der Waals surface area contributed by atoms with Crippen molar-refractivity contribution in [2.75, 3.05) is 6.61 Å². The van der Waals surface area contributed by atoms with Gasteiger partial charge in [0.2, 0.25) is 0 Å². The van der Waals surface area contributed by atoms with Crippen LogP contribution in [-0.4, -0.2) is 29.0 Å². The van der Waals surface area contributed by atoms with Crippen molar-refractivity contribution in [2.45, 2.75) is 50.5 Å². The van der Waals surface area contributed by atoms with Gasteiger partial charge in [-0.2, -0.15) is 0 Å². The van der Waals surface area contributed by atoms with Gasteiger partial charge < -0.3 is 14.5 Å². The zero-order valence-electron chi connectivity index (χ0n) is 15.4. The Morgan fingerprint density at radius 2 is 1.96 bits per heavy atom. The maximum Gasteiger partial charge on any atom is 0.347 e. The third-order valence-corrected chi connectivity index (χ3v) is 5.17. The van der Waals surface area contributed by atoms with Gasteiger partial charge in [0.05, 0.1) is 12.0 Å². The first kappa shape index (κ1) is 19.5. The summed E-state index contributed by atoms with van der Waals surface area (Å²) in [4.78, 5) is 27.7. The number of aromatic nitrogens is 1. The number of pyridine rings is 1. The molecule has 0 saturated heterocycles. The molecule has 0 aliphatic heterocycles. The molecule has 6 heteroatoms. The van der Waals surface area contributed by atoms with Crippen LogP contribution >= 0.6 is 11.6 Å². The second-order valence-corrected chi connectivity index (χ2v) is 7.26. The first-order chi connectivity index (χ1) is 13.1. The van der Waals surface area contributed by atoms with Crippen LogP contribution in [0, 0.1) is 0 Å². The highest BCUT2D eigenvalue weighted by Crippen LogP contribution is 2.29. The smallest absolute Gasteiger partial charge is 0.347 e. The van der Waals surface area contributed by atoms with Crippen LogP contribution < -0.4 is 10.3 Å². The molecule has 2 atom stereocenters. The van der Waals surface area contributed by atoms with Gasteiger partial charge >= 0.3 is 5.97 Å². The van der Waals surface area contributed by atoms with E-state index in [-0.39, 0.29) is 29.4 Å². The fourth-order valence-electron chi connectivity index (χ4n) is 3.33. The molecule has 2 aromatic rings. The summed E-state index contributed by atoms with van der Waals surface area (Å²) in [7, 11) is 0. The average Bonchev–Trinajstić information content (AvgIpc) is 2.64. The third-order valence-electron chi connectivity index (χ3n) is 4.67. The van der Waals surface area contributed by atoms with Crippen molar-refractivity contribution >= 4 is 17.6 Å². The van der Waals surface area contributed by atoms with E-state index in [4.69, 9.17) is 21.1 Å². The maximum absolute atomic E-state index is 12.6. The molecule has 1 fully saturated rings. The molecule has 0 amide bonds. The summed E-state index contributed by atoms with van der Waals surface area (Å²) in [6, 6.07) is 11.5. The quantitative estimate of drug-likeness (QED) is 0.597. The number of alkyl halides is 1. The van der Waals surface area contributed by atoms with Crippen LogP contribution in [0.1, 0.15) is 54.2 Å². The van der Waals surface area contributed by atoms with Crippen molar-refractivity contribution in [1.82, 2.24) is 4.98 Å². The second-order valence-electron chi connectivity index (χ2n) is 6.70. The van der Waals surface area contributed by atoms with Gasteiger partial charge in [0.1, 0.15) is 11.9 Å². The molecule has 1 aliphatic carbocycles. The lowest BCUT2D eigenvalue weighted by molar-refractivity contribution is 0.0514. The topological polar surface area (TPSA) is 68.4 Å². The van der Waals surface area contributed by atoms with Gasteiger partial charge in [-0.3, -0.25) is 4.79 Å². The maximum atomic E-state index is 12.6. The Bertz CT molecular complexity index is 834. The standard InChI is InChI=1S/C21H24ClNO4/c1-2-26-21(25)19-18(27-17-11-7-6-10-16(17)22)13-15(23-20(19)24)12-14-8-4-3-5-9-14/h3-5,8-9,13,16-17H,2,6-7,10-12H2,1H3,(H,23,24). The van der Waals surface area contributed by atoms with E-state index < -0.39 is 11.5 Å². The van der Waals surface area contributed by atoms with Crippen LogP contribution in [-0.2, 0) is 11.2 Å². The first-order valence-corrected chi connectivity index (χ1v) is 9.80. The van der Waals surface area contributed by atoms with Gasteiger partial charge in [-0.05, 0) is 31.7 Å². The predicted molar refractivity (Wildman–Crippen MR) is 105 cm³/mol. The van der Waals surface area contributed by atoms with Gasteiger partial charge in [-0.25, -0.2) is 4.79 Å². The lowest BCUT2D eigenvalue weighted by Gasteiger charge is -2.28. The zero-order valence-corrected chi connectivity index (χ0v) is 16.1. The number of hydrogen-bond acceptors (Lipinski definition) is 4. The summed E-state index contributed by atoms with van der Waals surface area (Å²) in [6.45, 7) is 1.89. The number of H-pyrrole nitrogens is 1. The minimum absolute atomic E-state index is 0.0944. The van der Waals surface area contributed by atoms with E-state index in [0.717, 1.165) is 31.2 Å². The Hall–Kier alpha value is -2.27. The fraction of sp³-hybridized carbons (Fsp3) is 0.429. The van der Waals surface area contributed by atoms with Gasteiger partial charge in [-0.1, -0.05) is 36.8 Å². The molecule has 3 rings (SSSR count). The molecular formula is C21H24ClNO4. The van der Waals surface area contributed by atoms with E-state index in [1.54, 1.807) is 13.0 Å². The molecule has 0 bridgehead atoms. The van der Waals surface area contributed by atoms with Crippen molar-refractivity contribution in [3.8, 4) is 5.75 Å². The van der Waals surface area contributed by atoms with E-state index >= 15 is 0 Å². The monoisotopic (exact) mass is 389 g/mol. The normalized spacial score (nSPS) is 19.5. The lowest BCUT2D eigenvalue weighted by Crippen LogP contribution is -2.33. The Morgan fingerprint density at radius 1 is 1.22 bits per heavy atom. The molecule has 144 valence electrons. The number of hydrogen-bond donors (Lipinski definition) is 1. The average molecular weight is 390 g/mol. The van der Waals surface area contributed by atoms with Gasteiger partial charge in [-0.15, -0.1) is 11.6 Å². The van der Waals surface area contributed by atoms with Crippen molar-refractivity contribution in [3.63, 3.8) is 0 Å². The van der Waals surface area contributed by atoms with E-state index in [9.17, 15) is 9.59 Å². The Morgan fingerprint density at radius 3 is 2.67 bits per heavy atom. The Kier molecular flexibility index (Phi) is 6.56. The van der Waals surface area contributed by atoms with E-state index in [2.05, 4.69) is 4.98 Å². The molecule has 0 spiro atoms. The number of carbonyl (C=O) groups is 1. The lowest BCUT2D eigenvalue weighted by atomic mass is 9.97. The molecule has 2 unspecified atom stereocenters. The summed E-state index contributed by atoms with van der Waals surface area (Å²) < 4.78 is 11.1. The van der Waals surface area contributed by atoms with Crippen LogP contribution in [0.5, 0.6) is 5.75 Å². The summed E-state index contributed by atoms with van der Waals surface area (Å²) in [5.74, 6) is -0.428. The molecule has 1 heterocycles. The number of benzene rings is 1. The summed E-state index contributed by atoms with van der Waals surface area (Å²) in [6.07, 6.45) is 4.05. The number of ether oxygens (including phenoxy) is 2. The predicted octanol–water partition coefficient (Wildman–Crippen LogP) is 4.07. The minimum Gasteiger partial charge on any atom is -0.488 e. The van der Waals surface area contributed by atoms with Crippen LogP contribution in [0.15, 0.2) is 41.2 Å². The molecule has 1 saturated carbocycles. The van der Waals surface area contributed by atoms with E-state index in [1.165, 1.54) is 0 Å². The third kappa shape index (κ3) is 4.92. The molecule has 1 aromatic carbocycles. The molecule has 0 radical (unpaired) electrons. The SMILES string of the molecule is CCOC(=O)c1c(OC2CCCCC2Cl)cc(Cc2ccccc2)[nH]c1=O. The van der Waals surface area contributed by atoms with Crippen molar-refractivity contribution in [2.24, 2.45) is 0 Å². The van der Waals surface area contributed by atoms with Crippen LogP contribution in [0.4, 0.5) is 0 Å². The van der Waals surface area contributed by atoms with Gasteiger partial charge in [0, 0.05) is 18.2 Å². The van der Waals surface area contributed by atoms with Gasteiger partial charge in [0.15, 0.2) is 5.56 Å². The van der Waals surface area contributed by atoms with Crippen molar-refractivity contribution in [1.29, 1.82) is 0 Å². The van der Waals surface area contributed by atoms with Crippen LogP contribution in [0.25, 0.3) is 0 Å². The molecule has 1 N–H and O–H groups in total. The highest BCUT2D eigenvalue weighted by atomic mass is 35.5. The molecular weight excluding hydrogens is 366 g/mol. The highest BCUT2D eigenvalue weighted by molar-refractivity contribution is 6.21. The number of aromatic amines is 1. The minimum atomic E-state index is -0.679. The van der Waals surface area contributed by atoms with Crippen LogP contribution in [0.3, 0.4) is 0 Å². The van der Waals surface area contributed by atoms with E-state index in [0.29, 0.717) is 12.1 Å². The molecule has 27 heavy (non-hydrogen) atoms. The molecule has 5 nitrogen and oxygen atoms in total. The first-order valence-electron chi connectivity index (χ1n) is 9.36. The second kappa shape index (κ2) is 9.09. The Balaban J connectivity index is 1.95. The van der Waals surface area contributed by atoms with E-state index in [1.807, 2.05) is 30.3 Å². The highest BCUT2D eigenvalue weighted by Gasteiger charge is 2.28. The Labute approximate surface area is 163 Å². The van der Waals surface area contributed by atoms with Crippen LogP contribution in [0.2, 0.25) is 0 Å². The number of nitrogens with one attached hydrogen (secondary N) is 1. The number of carbonyl (C=O) groups excluding carboxylic acids is 1. The summed E-state index contributed by atoms with van der Waals surface area (Å²) in [5.41, 5.74) is 1.13. The summed E-state index contributed by atoms with van der Waals surface area (Å²) >= 11 is 6.41. The number of rotatable bonds is 6. The van der Waals surface area contributed by atoms with Crippen molar-refractivity contribution < 1.29 is 14.3 Å². The number of esters is 1. The number of halogens is 1. The zero-order chi connectivity index (χ0) is 19.2. The fourth-order valence-corrected chi connectivity index (χ4v) is 3.67. The largest absolute Gasteiger partial charge is 0.488 e.